The molecule has 0 saturated heterocycles. The molecular formula is C28H33NO7S. The van der Waals surface area contributed by atoms with Crippen molar-refractivity contribution in [1.29, 1.82) is 0 Å². The van der Waals surface area contributed by atoms with Crippen LogP contribution in [0.15, 0.2) is 34.7 Å². The van der Waals surface area contributed by atoms with Crippen LogP contribution in [0.1, 0.15) is 93.6 Å². The Morgan fingerprint density at radius 3 is 2.41 bits per heavy atom. The van der Waals surface area contributed by atoms with Crippen LogP contribution in [0.3, 0.4) is 0 Å². The summed E-state index contributed by atoms with van der Waals surface area (Å²) in [5, 5.41) is 2.88. The van der Waals surface area contributed by atoms with Gasteiger partial charge in [0.2, 0.25) is 0 Å². The minimum atomic E-state index is -0.637. The molecule has 0 unspecified atom stereocenters. The van der Waals surface area contributed by atoms with Gasteiger partial charge in [-0.3, -0.25) is 4.79 Å². The maximum absolute atomic E-state index is 13.0. The topological polar surface area (TPSA) is 104 Å². The molecule has 0 aliphatic heterocycles. The Hall–Kier alpha value is -3.59. The molecule has 1 aromatic carbocycles. The normalized spacial score (nSPS) is 11.1. The van der Waals surface area contributed by atoms with Crippen LogP contribution in [0.2, 0.25) is 0 Å². The molecule has 1 N–H and O–H groups in total. The van der Waals surface area contributed by atoms with Gasteiger partial charge in [0.15, 0.2) is 5.76 Å². The number of aryl methyl sites for hydroxylation is 1. The van der Waals surface area contributed by atoms with Gasteiger partial charge in [-0.2, -0.15) is 0 Å². The van der Waals surface area contributed by atoms with Gasteiger partial charge in [-0.15, -0.1) is 11.3 Å². The molecular weight excluding hydrogens is 494 g/mol. The van der Waals surface area contributed by atoms with Gasteiger partial charge in [-0.25, -0.2) is 9.59 Å². The lowest BCUT2D eigenvalue weighted by molar-refractivity contribution is 0.0379. The predicted octanol–water partition coefficient (Wildman–Crippen LogP) is 6.65. The molecule has 3 aromatic rings. The quantitative estimate of drug-likeness (QED) is 0.294. The van der Waals surface area contributed by atoms with Crippen molar-refractivity contribution in [2.45, 2.75) is 67.1 Å². The van der Waals surface area contributed by atoms with Crippen LogP contribution in [0.25, 0.3) is 0 Å². The van der Waals surface area contributed by atoms with Crippen molar-refractivity contribution in [3.05, 3.63) is 69.0 Å². The molecule has 1 amide bonds. The van der Waals surface area contributed by atoms with Crippen LogP contribution in [-0.2, 0) is 16.1 Å². The number of anilines is 1. The van der Waals surface area contributed by atoms with E-state index in [2.05, 4.69) is 19.2 Å². The third-order valence-corrected chi connectivity index (χ3v) is 6.62. The van der Waals surface area contributed by atoms with Crippen molar-refractivity contribution in [3.8, 4) is 5.75 Å². The number of furan rings is 1. The van der Waals surface area contributed by atoms with E-state index in [1.54, 1.807) is 33.8 Å². The van der Waals surface area contributed by atoms with Crippen molar-refractivity contribution < 1.29 is 33.0 Å². The maximum atomic E-state index is 13.0. The lowest BCUT2D eigenvalue weighted by Gasteiger charge is -2.14. The highest BCUT2D eigenvalue weighted by Gasteiger charge is 2.28. The van der Waals surface area contributed by atoms with Crippen molar-refractivity contribution in [1.82, 2.24) is 0 Å². The van der Waals surface area contributed by atoms with Gasteiger partial charge in [0.05, 0.1) is 18.3 Å². The van der Waals surface area contributed by atoms with E-state index < -0.39 is 17.8 Å². The number of carbonyl (C=O) groups excluding carboxylic acids is 3. The highest BCUT2D eigenvalue weighted by atomic mass is 32.1. The third kappa shape index (κ3) is 6.80. The van der Waals surface area contributed by atoms with Crippen molar-refractivity contribution in [2.75, 3.05) is 11.9 Å². The van der Waals surface area contributed by atoms with Crippen LogP contribution in [-0.4, -0.2) is 30.6 Å². The summed E-state index contributed by atoms with van der Waals surface area (Å²) in [6, 6.07) is 9.27. The molecule has 0 bridgehead atoms. The Morgan fingerprint density at radius 1 is 1.03 bits per heavy atom. The Kier molecular flexibility index (Phi) is 9.15. The van der Waals surface area contributed by atoms with Crippen LogP contribution >= 0.6 is 11.3 Å². The minimum absolute atomic E-state index is 0.0406. The van der Waals surface area contributed by atoms with Gasteiger partial charge >= 0.3 is 11.9 Å². The number of thiophene rings is 1. The highest BCUT2D eigenvalue weighted by molar-refractivity contribution is 7.18. The Labute approximate surface area is 220 Å². The number of amides is 1. The summed E-state index contributed by atoms with van der Waals surface area (Å²) in [6.45, 7) is 13.3. The molecule has 9 heteroatoms. The van der Waals surface area contributed by atoms with Crippen LogP contribution in [0.4, 0.5) is 5.00 Å². The maximum Gasteiger partial charge on any atom is 0.348 e. The number of esters is 2. The Morgan fingerprint density at radius 2 is 1.76 bits per heavy atom. The fourth-order valence-electron chi connectivity index (χ4n) is 3.65. The molecule has 0 saturated carbocycles. The molecule has 8 nitrogen and oxygen atoms in total. The number of benzene rings is 1. The molecule has 0 aliphatic rings. The second-order valence-corrected chi connectivity index (χ2v) is 10.2. The number of hydrogen-bond donors (Lipinski definition) is 1. The predicted molar refractivity (Wildman–Crippen MR) is 142 cm³/mol. The zero-order valence-corrected chi connectivity index (χ0v) is 23.0. The lowest BCUT2D eigenvalue weighted by Crippen LogP contribution is -2.16. The fourth-order valence-corrected chi connectivity index (χ4v) is 4.73. The molecule has 2 heterocycles. The van der Waals surface area contributed by atoms with Crippen molar-refractivity contribution in [2.24, 2.45) is 0 Å². The number of ether oxygens (including phenoxy) is 3. The Balaban J connectivity index is 1.80. The smallest absolute Gasteiger partial charge is 0.348 e. The van der Waals surface area contributed by atoms with E-state index in [1.165, 1.54) is 6.07 Å². The van der Waals surface area contributed by atoms with Gasteiger partial charge in [0, 0.05) is 0 Å². The number of carbonyl (C=O) groups is 3. The van der Waals surface area contributed by atoms with E-state index in [9.17, 15) is 14.4 Å². The average Bonchev–Trinajstić information content (AvgIpc) is 3.42. The zero-order valence-electron chi connectivity index (χ0n) is 22.2. The van der Waals surface area contributed by atoms with Crippen LogP contribution in [0.5, 0.6) is 5.75 Å². The zero-order chi connectivity index (χ0) is 27.3. The van der Waals surface area contributed by atoms with Gasteiger partial charge in [-0.1, -0.05) is 26.0 Å². The molecule has 0 atom stereocenters. The first-order valence-corrected chi connectivity index (χ1v) is 13.0. The summed E-state index contributed by atoms with van der Waals surface area (Å²) in [5.41, 5.74) is 2.67. The molecule has 198 valence electrons. The summed E-state index contributed by atoms with van der Waals surface area (Å²) in [5.74, 6) is -0.208. The molecule has 37 heavy (non-hydrogen) atoms. The summed E-state index contributed by atoms with van der Waals surface area (Å²) in [6.07, 6.45) is -0.376. The van der Waals surface area contributed by atoms with E-state index in [4.69, 9.17) is 18.6 Å². The van der Waals surface area contributed by atoms with Gasteiger partial charge < -0.3 is 23.9 Å². The number of hydrogen-bond acceptors (Lipinski definition) is 8. The number of rotatable bonds is 10. The van der Waals surface area contributed by atoms with Gasteiger partial charge in [0.25, 0.3) is 5.91 Å². The summed E-state index contributed by atoms with van der Waals surface area (Å²) < 4.78 is 22.1. The molecule has 0 spiro atoms. The van der Waals surface area contributed by atoms with Crippen molar-refractivity contribution in [3.63, 3.8) is 0 Å². The van der Waals surface area contributed by atoms with Gasteiger partial charge in [-0.05, 0) is 75.4 Å². The largest absolute Gasteiger partial charge is 0.485 e. The first-order chi connectivity index (χ1) is 17.5. The second-order valence-electron chi connectivity index (χ2n) is 9.14. The lowest BCUT2D eigenvalue weighted by atomic mass is 10.0. The number of nitrogens with one attached hydrogen (secondary N) is 1. The summed E-state index contributed by atoms with van der Waals surface area (Å²) >= 11 is 0.959. The first kappa shape index (κ1) is 28.0. The standard InChI is InChI=1S/C28H33NO7S/c1-8-33-28(32)24-18(7)23(27(31)35-16(4)5)26(37-24)29-25(30)21-12-10-19(36-21)14-34-22-13-17(6)9-11-20(22)15(2)3/h9-13,15-16H,8,14H2,1-7H3,(H,29,30). The van der Waals surface area contributed by atoms with Crippen molar-refractivity contribution >= 4 is 34.2 Å². The van der Waals surface area contributed by atoms with E-state index in [1.807, 2.05) is 25.1 Å². The fraction of sp³-hybridized carbons (Fsp3) is 0.393. The molecule has 2 aromatic heterocycles. The van der Waals surface area contributed by atoms with E-state index in [0.29, 0.717) is 17.2 Å². The highest BCUT2D eigenvalue weighted by Crippen LogP contribution is 2.35. The van der Waals surface area contributed by atoms with Crippen LogP contribution in [0, 0.1) is 13.8 Å². The molecule has 3 rings (SSSR count). The molecule has 0 radical (unpaired) electrons. The van der Waals surface area contributed by atoms with Crippen LogP contribution < -0.4 is 10.1 Å². The molecule has 0 fully saturated rings. The Bertz CT molecular complexity index is 1290. The molecule has 0 aliphatic carbocycles. The average molecular weight is 528 g/mol. The van der Waals surface area contributed by atoms with E-state index >= 15 is 0 Å². The van der Waals surface area contributed by atoms with E-state index in [0.717, 1.165) is 28.2 Å². The first-order valence-electron chi connectivity index (χ1n) is 12.2. The SMILES string of the molecule is CCOC(=O)c1sc(NC(=O)c2ccc(COc3cc(C)ccc3C(C)C)o2)c(C(=O)OC(C)C)c1C. The second kappa shape index (κ2) is 12.1. The summed E-state index contributed by atoms with van der Waals surface area (Å²) in [7, 11) is 0. The monoisotopic (exact) mass is 527 g/mol. The van der Waals surface area contributed by atoms with Gasteiger partial charge in [0.1, 0.15) is 28.0 Å². The minimum Gasteiger partial charge on any atom is -0.485 e. The summed E-state index contributed by atoms with van der Waals surface area (Å²) in [4.78, 5) is 38.4. The van der Waals surface area contributed by atoms with E-state index in [-0.39, 0.29) is 40.5 Å². The third-order valence-electron chi connectivity index (χ3n) is 5.43.